The van der Waals surface area contributed by atoms with Crippen LogP contribution in [0.1, 0.15) is 24.0 Å². The van der Waals surface area contributed by atoms with E-state index in [1.807, 2.05) is 0 Å². The highest BCUT2D eigenvalue weighted by Crippen LogP contribution is 2.51. The zero-order valence-corrected chi connectivity index (χ0v) is 10.7. The van der Waals surface area contributed by atoms with Crippen LogP contribution in [0.25, 0.3) is 0 Å². The summed E-state index contributed by atoms with van der Waals surface area (Å²) in [5.41, 5.74) is -1.22. The van der Waals surface area contributed by atoms with Gasteiger partial charge < -0.3 is 0 Å². The maximum atomic E-state index is 13.5. The Morgan fingerprint density at radius 1 is 0.905 bits per heavy atom. The second-order valence-corrected chi connectivity index (χ2v) is 4.51. The maximum Gasteiger partial charge on any atom is 0.460 e. The summed E-state index contributed by atoms with van der Waals surface area (Å²) in [6.45, 7) is -0.373. The molecule has 0 amide bonds. The normalized spacial score (nSPS) is 13.5. The molecule has 0 heterocycles. The monoisotopic (exact) mass is 317 g/mol. The lowest BCUT2D eigenvalue weighted by atomic mass is 9.98. The average molecular weight is 317 g/mol. The molecule has 0 bridgehead atoms. The Bertz CT molecular complexity index is 468. The molecule has 0 saturated carbocycles. The van der Waals surface area contributed by atoms with Crippen LogP contribution >= 0.6 is 0 Å². The summed E-state index contributed by atoms with van der Waals surface area (Å²) < 4.78 is 89.1. The van der Waals surface area contributed by atoms with Crippen LogP contribution in [-0.2, 0) is 17.4 Å². The smallest absolute Gasteiger partial charge is 0.237 e. The zero-order chi connectivity index (χ0) is 16.3. The van der Waals surface area contributed by atoms with Crippen LogP contribution in [0.2, 0.25) is 0 Å². The van der Waals surface area contributed by atoms with Gasteiger partial charge in [0.05, 0.1) is 6.61 Å². The molecule has 0 saturated heterocycles. The SMILES string of the molecule is [O]CCCCc1cccc(C(F)(F)C(F)(F)C(F)(F)F)c1. The number of alkyl halides is 7. The minimum Gasteiger partial charge on any atom is -0.237 e. The van der Waals surface area contributed by atoms with Crippen molar-refractivity contribution in [2.45, 2.75) is 37.3 Å². The molecule has 0 aliphatic rings. The lowest BCUT2D eigenvalue weighted by molar-refractivity contribution is -0.359. The quantitative estimate of drug-likeness (QED) is 0.534. The number of hydrogen-bond donors (Lipinski definition) is 0. The van der Waals surface area contributed by atoms with E-state index in [4.69, 9.17) is 0 Å². The highest BCUT2D eigenvalue weighted by atomic mass is 19.4. The second kappa shape index (κ2) is 6.21. The summed E-state index contributed by atoms with van der Waals surface area (Å²) in [5, 5.41) is 10.2. The fourth-order valence-electron chi connectivity index (χ4n) is 1.71. The van der Waals surface area contributed by atoms with E-state index in [1.54, 1.807) is 0 Å². The van der Waals surface area contributed by atoms with E-state index in [-0.39, 0.29) is 25.0 Å². The molecule has 0 aliphatic heterocycles. The van der Waals surface area contributed by atoms with Crippen LogP contribution in [0.5, 0.6) is 0 Å². The van der Waals surface area contributed by atoms with Crippen molar-refractivity contribution in [1.82, 2.24) is 0 Å². The first-order valence-corrected chi connectivity index (χ1v) is 6.04. The molecule has 8 heteroatoms. The fraction of sp³-hybridized carbons (Fsp3) is 0.538. The molecule has 1 radical (unpaired) electrons. The standard InChI is InChI=1S/C13H12F7O/c14-11(15,12(16,17)13(18,19)20)10-6-3-5-9(8-10)4-1-2-7-21/h3,5-6,8H,1-2,4,7H2. The van der Waals surface area contributed by atoms with E-state index in [0.717, 1.165) is 6.07 Å². The van der Waals surface area contributed by atoms with Crippen LogP contribution in [0, 0.1) is 0 Å². The lowest BCUT2D eigenvalue weighted by Crippen LogP contribution is -2.50. The van der Waals surface area contributed by atoms with E-state index in [0.29, 0.717) is 18.6 Å². The van der Waals surface area contributed by atoms with Gasteiger partial charge in [-0.25, -0.2) is 5.11 Å². The number of unbranched alkanes of at least 4 members (excludes halogenated alkanes) is 1. The zero-order valence-electron chi connectivity index (χ0n) is 10.7. The first-order chi connectivity index (χ1) is 9.54. The van der Waals surface area contributed by atoms with Crippen molar-refractivity contribution >= 4 is 0 Å². The molecule has 1 rings (SSSR count). The summed E-state index contributed by atoms with van der Waals surface area (Å²) in [6.07, 6.45) is -5.59. The van der Waals surface area contributed by atoms with Crippen molar-refractivity contribution in [2.24, 2.45) is 0 Å². The summed E-state index contributed by atoms with van der Waals surface area (Å²) in [7, 11) is 0. The molecular formula is C13H12F7O. The third kappa shape index (κ3) is 3.66. The molecule has 1 aromatic rings. The molecule has 0 N–H and O–H groups in total. The van der Waals surface area contributed by atoms with Crippen LogP contribution in [0.3, 0.4) is 0 Å². The minimum atomic E-state index is -6.35. The molecule has 0 spiro atoms. The molecule has 21 heavy (non-hydrogen) atoms. The Morgan fingerprint density at radius 2 is 1.52 bits per heavy atom. The van der Waals surface area contributed by atoms with Gasteiger partial charge in [0.25, 0.3) is 0 Å². The van der Waals surface area contributed by atoms with Gasteiger partial charge in [-0.2, -0.15) is 30.7 Å². The molecule has 0 aliphatic carbocycles. The van der Waals surface area contributed by atoms with E-state index >= 15 is 0 Å². The molecule has 119 valence electrons. The van der Waals surface area contributed by atoms with Gasteiger partial charge in [0.2, 0.25) is 0 Å². The van der Waals surface area contributed by atoms with Crippen LogP contribution in [0.15, 0.2) is 24.3 Å². The van der Waals surface area contributed by atoms with Gasteiger partial charge in [-0.05, 0) is 30.9 Å². The highest BCUT2D eigenvalue weighted by Gasteiger charge is 2.73. The van der Waals surface area contributed by atoms with E-state index in [2.05, 4.69) is 0 Å². The third-order valence-corrected chi connectivity index (χ3v) is 2.90. The molecule has 0 aromatic heterocycles. The van der Waals surface area contributed by atoms with Gasteiger partial charge in [0.15, 0.2) is 0 Å². The van der Waals surface area contributed by atoms with E-state index < -0.39 is 23.6 Å². The van der Waals surface area contributed by atoms with Crippen LogP contribution < -0.4 is 0 Å². The molecule has 0 fully saturated rings. The number of rotatable bonds is 6. The van der Waals surface area contributed by atoms with Crippen molar-refractivity contribution in [3.05, 3.63) is 35.4 Å². The molecule has 1 aromatic carbocycles. The largest absolute Gasteiger partial charge is 0.460 e. The first kappa shape index (κ1) is 17.7. The summed E-state index contributed by atoms with van der Waals surface area (Å²) in [4.78, 5) is 0. The van der Waals surface area contributed by atoms with Crippen molar-refractivity contribution < 1.29 is 35.8 Å². The number of hydrogen-bond acceptors (Lipinski definition) is 0. The Balaban J connectivity index is 3.06. The predicted octanol–water partition coefficient (Wildman–Crippen LogP) is 4.73. The fourth-order valence-corrected chi connectivity index (χ4v) is 1.71. The lowest BCUT2D eigenvalue weighted by Gasteiger charge is -2.28. The topological polar surface area (TPSA) is 19.9 Å². The Morgan fingerprint density at radius 3 is 2.05 bits per heavy atom. The van der Waals surface area contributed by atoms with Gasteiger partial charge in [-0.3, -0.25) is 0 Å². The van der Waals surface area contributed by atoms with Crippen LogP contribution in [0.4, 0.5) is 30.7 Å². The van der Waals surface area contributed by atoms with Gasteiger partial charge in [0.1, 0.15) is 0 Å². The van der Waals surface area contributed by atoms with Gasteiger partial charge >= 0.3 is 18.0 Å². The highest BCUT2D eigenvalue weighted by molar-refractivity contribution is 5.29. The summed E-state index contributed by atoms with van der Waals surface area (Å²) in [5.74, 6) is -11.5. The Kier molecular flexibility index (Phi) is 5.25. The van der Waals surface area contributed by atoms with Gasteiger partial charge in [0, 0.05) is 5.56 Å². The predicted molar refractivity (Wildman–Crippen MR) is 59.8 cm³/mol. The Hall–Kier alpha value is -1.31. The molecule has 0 unspecified atom stereocenters. The third-order valence-electron chi connectivity index (χ3n) is 2.90. The second-order valence-electron chi connectivity index (χ2n) is 4.51. The van der Waals surface area contributed by atoms with Crippen molar-refractivity contribution in [2.75, 3.05) is 6.61 Å². The first-order valence-electron chi connectivity index (χ1n) is 6.04. The van der Waals surface area contributed by atoms with E-state index in [9.17, 15) is 35.8 Å². The van der Waals surface area contributed by atoms with Gasteiger partial charge in [-0.1, -0.05) is 18.2 Å². The van der Waals surface area contributed by atoms with Crippen molar-refractivity contribution in [3.8, 4) is 0 Å². The van der Waals surface area contributed by atoms with Crippen molar-refractivity contribution in [3.63, 3.8) is 0 Å². The maximum absolute atomic E-state index is 13.5. The number of halogens is 7. The molecular weight excluding hydrogens is 305 g/mol. The van der Waals surface area contributed by atoms with Gasteiger partial charge in [-0.15, -0.1) is 0 Å². The molecule has 0 atom stereocenters. The average Bonchev–Trinajstić information content (AvgIpc) is 2.38. The minimum absolute atomic E-state index is 0.156. The molecule has 1 nitrogen and oxygen atoms in total. The van der Waals surface area contributed by atoms with Crippen LogP contribution in [-0.4, -0.2) is 18.7 Å². The number of aryl methyl sites for hydroxylation is 1. The number of benzene rings is 1. The summed E-state index contributed by atoms with van der Waals surface area (Å²) in [6, 6.07) is 3.46. The van der Waals surface area contributed by atoms with Crippen molar-refractivity contribution in [1.29, 1.82) is 0 Å². The summed E-state index contributed by atoms with van der Waals surface area (Å²) >= 11 is 0. The Labute approximate surface area is 116 Å². The van der Waals surface area contributed by atoms with E-state index in [1.165, 1.54) is 6.07 Å².